The second-order valence-electron chi connectivity index (χ2n) is 5.45. The maximum absolute atomic E-state index is 4.35. The predicted octanol–water partition coefficient (Wildman–Crippen LogP) is 5.50. The number of aryl methyl sites for hydroxylation is 1. The molecule has 0 amide bonds. The van der Waals surface area contributed by atoms with Gasteiger partial charge < -0.3 is 4.57 Å². The monoisotopic (exact) mass is 275 g/mol. The Balaban J connectivity index is 2.12. The average molecular weight is 275 g/mol. The zero-order valence-electron chi connectivity index (χ0n) is 12.5. The molecule has 1 heterocycles. The summed E-state index contributed by atoms with van der Waals surface area (Å²) in [5.74, 6) is 0. The van der Waals surface area contributed by atoms with Crippen LogP contribution in [-0.4, -0.2) is 4.57 Å². The van der Waals surface area contributed by atoms with E-state index in [1.165, 1.54) is 35.0 Å². The summed E-state index contributed by atoms with van der Waals surface area (Å²) >= 11 is 0. The normalized spacial score (nSPS) is 10.9. The van der Waals surface area contributed by atoms with Crippen LogP contribution in [0.3, 0.4) is 0 Å². The Labute approximate surface area is 126 Å². The molecule has 106 valence electrons. The van der Waals surface area contributed by atoms with Crippen molar-refractivity contribution in [3.05, 3.63) is 78.5 Å². The molecule has 0 bridgehead atoms. The molecule has 0 radical (unpaired) electrons. The number of hydrogen-bond acceptors (Lipinski definition) is 0. The molecule has 21 heavy (non-hydrogen) atoms. The van der Waals surface area contributed by atoms with Crippen LogP contribution in [0.1, 0.15) is 31.0 Å². The first kappa shape index (κ1) is 13.7. The van der Waals surface area contributed by atoms with Gasteiger partial charge in [-0.25, -0.2) is 0 Å². The van der Waals surface area contributed by atoms with Crippen LogP contribution in [0.25, 0.3) is 16.6 Å². The van der Waals surface area contributed by atoms with Crippen LogP contribution in [0.4, 0.5) is 0 Å². The van der Waals surface area contributed by atoms with Crippen molar-refractivity contribution in [1.82, 2.24) is 4.57 Å². The molecule has 1 heteroatoms. The summed E-state index contributed by atoms with van der Waals surface area (Å²) < 4.78 is 2.32. The van der Waals surface area contributed by atoms with E-state index in [0.29, 0.717) is 0 Å². The summed E-state index contributed by atoms with van der Waals surface area (Å²) in [7, 11) is 0. The fourth-order valence-electron chi connectivity index (χ4n) is 2.83. The van der Waals surface area contributed by atoms with Crippen LogP contribution in [0, 0.1) is 0 Å². The molecule has 0 spiro atoms. The Morgan fingerprint density at radius 1 is 1.00 bits per heavy atom. The molecule has 0 fully saturated rings. The quantitative estimate of drug-likeness (QED) is 0.579. The number of aromatic nitrogens is 1. The van der Waals surface area contributed by atoms with Gasteiger partial charge in [0.2, 0.25) is 0 Å². The van der Waals surface area contributed by atoms with Crippen LogP contribution in [0.2, 0.25) is 0 Å². The second-order valence-corrected chi connectivity index (χ2v) is 5.45. The van der Waals surface area contributed by atoms with Crippen molar-refractivity contribution in [2.24, 2.45) is 0 Å². The van der Waals surface area contributed by atoms with E-state index in [2.05, 4.69) is 72.7 Å². The molecule has 0 unspecified atom stereocenters. The Morgan fingerprint density at radius 2 is 1.71 bits per heavy atom. The van der Waals surface area contributed by atoms with Crippen molar-refractivity contribution in [3.63, 3.8) is 0 Å². The molecule has 0 N–H and O–H groups in total. The zero-order valence-corrected chi connectivity index (χ0v) is 12.5. The fraction of sp³-hybridized carbons (Fsp3) is 0.200. The molecular weight excluding hydrogens is 254 g/mol. The molecule has 3 aromatic rings. The second kappa shape index (κ2) is 6.01. The molecule has 0 aliphatic carbocycles. The van der Waals surface area contributed by atoms with Crippen molar-refractivity contribution < 1.29 is 0 Å². The summed E-state index contributed by atoms with van der Waals surface area (Å²) in [6, 6.07) is 21.3. The zero-order chi connectivity index (χ0) is 14.7. The van der Waals surface area contributed by atoms with E-state index >= 15 is 0 Å². The number of rotatable bonds is 5. The Bertz CT molecular complexity index is 750. The first-order chi connectivity index (χ1) is 10.3. The van der Waals surface area contributed by atoms with E-state index in [9.17, 15) is 0 Å². The van der Waals surface area contributed by atoms with Crippen LogP contribution >= 0.6 is 0 Å². The van der Waals surface area contributed by atoms with E-state index < -0.39 is 0 Å². The van der Waals surface area contributed by atoms with Crippen LogP contribution in [0.5, 0.6) is 0 Å². The highest BCUT2D eigenvalue weighted by atomic mass is 15.0. The lowest BCUT2D eigenvalue weighted by molar-refractivity contribution is 0.768. The summed E-state index contributed by atoms with van der Waals surface area (Å²) in [6.07, 6.45) is 3.51. The van der Waals surface area contributed by atoms with Crippen molar-refractivity contribution in [2.75, 3.05) is 0 Å². The Morgan fingerprint density at radius 3 is 2.48 bits per heavy atom. The minimum Gasteiger partial charge on any atom is -0.314 e. The van der Waals surface area contributed by atoms with Crippen LogP contribution in [0.15, 0.2) is 67.2 Å². The van der Waals surface area contributed by atoms with E-state index in [1.54, 1.807) is 0 Å². The van der Waals surface area contributed by atoms with Gasteiger partial charge >= 0.3 is 0 Å². The molecule has 1 nitrogen and oxygen atoms in total. The average Bonchev–Trinajstić information content (AvgIpc) is 2.91. The topological polar surface area (TPSA) is 4.93 Å². The minimum absolute atomic E-state index is 1.06. The number of nitrogens with zero attached hydrogens (tertiary/aromatic N) is 1. The maximum Gasteiger partial charge on any atom is 0.0531 e. The number of unbranched alkanes of at least 4 members (excludes halogenated alkanes) is 1. The molecule has 2 aromatic carbocycles. The van der Waals surface area contributed by atoms with Crippen molar-refractivity contribution in [1.29, 1.82) is 0 Å². The van der Waals surface area contributed by atoms with Crippen LogP contribution < -0.4 is 0 Å². The fourth-order valence-corrected chi connectivity index (χ4v) is 2.83. The maximum atomic E-state index is 4.35. The smallest absolute Gasteiger partial charge is 0.0531 e. The van der Waals surface area contributed by atoms with Gasteiger partial charge in [-0.05, 0) is 30.5 Å². The first-order valence-corrected chi connectivity index (χ1v) is 7.65. The summed E-state index contributed by atoms with van der Waals surface area (Å²) in [4.78, 5) is 0. The highest BCUT2D eigenvalue weighted by molar-refractivity contribution is 5.86. The van der Waals surface area contributed by atoms with Gasteiger partial charge in [0.15, 0.2) is 0 Å². The molecule has 0 saturated heterocycles. The first-order valence-electron chi connectivity index (χ1n) is 7.65. The van der Waals surface area contributed by atoms with Crippen molar-refractivity contribution >= 4 is 16.6 Å². The standard InChI is InChI=1S/C20H21N/c1-3-4-13-19-15-18-12-8-9-14-20(18)21(19)16(2)17-10-6-5-7-11-17/h5-12,14-15H,2-4,13H2,1H3. The largest absolute Gasteiger partial charge is 0.314 e. The minimum atomic E-state index is 1.06. The third-order valence-corrected chi connectivity index (χ3v) is 3.95. The van der Waals surface area contributed by atoms with E-state index in [4.69, 9.17) is 0 Å². The third-order valence-electron chi connectivity index (χ3n) is 3.95. The lowest BCUT2D eigenvalue weighted by Gasteiger charge is -2.14. The van der Waals surface area contributed by atoms with Crippen molar-refractivity contribution in [3.8, 4) is 0 Å². The molecule has 0 aliphatic rings. The highest BCUT2D eigenvalue weighted by Crippen LogP contribution is 2.27. The van der Waals surface area contributed by atoms with Gasteiger partial charge in [0.25, 0.3) is 0 Å². The van der Waals surface area contributed by atoms with Gasteiger partial charge in [-0.1, -0.05) is 68.5 Å². The lowest BCUT2D eigenvalue weighted by atomic mass is 10.1. The molecule has 1 aromatic heterocycles. The number of fused-ring (bicyclic) bond motifs is 1. The van der Waals surface area contributed by atoms with Gasteiger partial charge in [0.05, 0.1) is 5.52 Å². The van der Waals surface area contributed by atoms with Gasteiger partial charge in [-0.15, -0.1) is 0 Å². The molecule has 3 rings (SSSR count). The Kier molecular flexibility index (Phi) is 3.92. The van der Waals surface area contributed by atoms with E-state index in [-0.39, 0.29) is 0 Å². The summed E-state index contributed by atoms with van der Waals surface area (Å²) in [6.45, 7) is 6.58. The molecule has 0 aliphatic heterocycles. The third kappa shape index (κ3) is 2.64. The lowest BCUT2D eigenvalue weighted by Crippen LogP contribution is -2.02. The molecule has 0 atom stereocenters. The Hall–Kier alpha value is -2.28. The summed E-state index contributed by atoms with van der Waals surface area (Å²) in [5.41, 5.74) is 4.84. The van der Waals surface area contributed by atoms with E-state index in [0.717, 1.165) is 12.1 Å². The summed E-state index contributed by atoms with van der Waals surface area (Å²) in [5, 5.41) is 1.29. The number of hydrogen-bond donors (Lipinski definition) is 0. The van der Waals surface area contributed by atoms with Crippen LogP contribution in [-0.2, 0) is 6.42 Å². The van der Waals surface area contributed by atoms with E-state index in [1.807, 2.05) is 6.07 Å². The highest BCUT2D eigenvalue weighted by Gasteiger charge is 2.11. The molecular formula is C20H21N. The van der Waals surface area contributed by atoms with Gasteiger partial charge in [-0.2, -0.15) is 0 Å². The number of benzene rings is 2. The molecule has 0 saturated carbocycles. The SMILES string of the molecule is C=C(c1ccccc1)n1c(CCCC)cc2ccccc21. The number of para-hydroxylation sites is 1. The predicted molar refractivity (Wildman–Crippen MR) is 91.4 cm³/mol. The van der Waals surface area contributed by atoms with Gasteiger partial charge in [-0.3, -0.25) is 0 Å². The van der Waals surface area contributed by atoms with Gasteiger partial charge in [0.1, 0.15) is 0 Å². The van der Waals surface area contributed by atoms with Gasteiger partial charge in [0, 0.05) is 16.8 Å². The van der Waals surface area contributed by atoms with Crippen molar-refractivity contribution in [2.45, 2.75) is 26.2 Å².